The number of halogens is 3. The molecule has 0 aromatic heterocycles. The van der Waals surface area contributed by atoms with Gasteiger partial charge >= 0.3 is 6.18 Å². The number of amides is 1. The van der Waals surface area contributed by atoms with Crippen LogP contribution in [0.15, 0.2) is 42.5 Å². The average molecular weight is 365 g/mol. The predicted octanol–water partition coefficient (Wildman–Crippen LogP) is 3.03. The van der Waals surface area contributed by atoms with Crippen LogP contribution in [0.3, 0.4) is 0 Å². The summed E-state index contributed by atoms with van der Waals surface area (Å²) >= 11 is 0. The SMILES string of the molecule is NC(=O)[C@@H]1Cc2ccccc2CN1c1ccc(C(F)(F)F)cc1[N+](=O)[O-]. The molecule has 1 aliphatic rings. The highest BCUT2D eigenvalue weighted by Gasteiger charge is 2.37. The number of alkyl halides is 3. The van der Waals surface area contributed by atoms with Crippen LogP contribution in [0.1, 0.15) is 16.7 Å². The first-order chi connectivity index (χ1) is 12.2. The van der Waals surface area contributed by atoms with E-state index in [1.54, 1.807) is 18.2 Å². The molecule has 1 heterocycles. The number of rotatable bonds is 3. The van der Waals surface area contributed by atoms with Crippen LogP contribution in [0.2, 0.25) is 0 Å². The Hall–Kier alpha value is -3.10. The van der Waals surface area contributed by atoms with Crippen LogP contribution >= 0.6 is 0 Å². The number of anilines is 1. The molecule has 0 aliphatic carbocycles. The number of hydrogen-bond acceptors (Lipinski definition) is 4. The van der Waals surface area contributed by atoms with E-state index >= 15 is 0 Å². The number of hydrogen-bond donors (Lipinski definition) is 1. The average Bonchev–Trinajstić information content (AvgIpc) is 2.59. The molecule has 1 amide bonds. The van der Waals surface area contributed by atoms with E-state index in [1.165, 1.54) is 4.90 Å². The number of nitrogens with zero attached hydrogens (tertiary/aromatic N) is 2. The molecule has 26 heavy (non-hydrogen) atoms. The number of benzene rings is 2. The molecular formula is C17H14F3N3O3. The molecule has 0 fully saturated rings. The van der Waals surface area contributed by atoms with Gasteiger partial charge in [0.1, 0.15) is 11.7 Å². The summed E-state index contributed by atoms with van der Waals surface area (Å²) in [6.45, 7) is 0.135. The lowest BCUT2D eigenvalue weighted by Gasteiger charge is -2.36. The zero-order chi connectivity index (χ0) is 19.1. The van der Waals surface area contributed by atoms with Crippen LogP contribution < -0.4 is 10.6 Å². The van der Waals surface area contributed by atoms with Crippen LogP contribution in [0.4, 0.5) is 24.5 Å². The highest BCUT2D eigenvalue weighted by molar-refractivity contribution is 5.86. The molecule has 0 spiro atoms. The summed E-state index contributed by atoms with van der Waals surface area (Å²) in [5, 5.41) is 11.4. The van der Waals surface area contributed by atoms with Crippen molar-refractivity contribution in [3.8, 4) is 0 Å². The second kappa shape index (κ2) is 6.32. The lowest BCUT2D eigenvalue weighted by Crippen LogP contribution is -2.49. The summed E-state index contributed by atoms with van der Waals surface area (Å²) in [7, 11) is 0. The standard InChI is InChI=1S/C17H14F3N3O3/c18-17(19,20)12-5-6-13(14(8-12)23(25)26)22-9-11-4-2-1-3-10(11)7-15(22)16(21)24/h1-6,8,15H,7,9H2,(H2,21,24)/t15-/m0/s1. The van der Waals surface area contributed by atoms with E-state index in [0.29, 0.717) is 6.07 Å². The van der Waals surface area contributed by atoms with Crippen LogP contribution in [-0.2, 0) is 23.9 Å². The van der Waals surface area contributed by atoms with Crippen LogP contribution in [-0.4, -0.2) is 16.9 Å². The lowest BCUT2D eigenvalue weighted by molar-refractivity contribution is -0.384. The molecule has 0 unspecified atom stereocenters. The number of fused-ring (bicyclic) bond motifs is 1. The van der Waals surface area contributed by atoms with Gasteiger partial charge in [0.15, 0.2) is 0 Å². The predicted molar refractivity (Wildman–Crippen MR) is 87.4 cm³/mol. The molecule has 1 atom stereocenters. The van der Waals surface area contributed by atoms with Crippen molar-refractivity contribution in [2.75, 3.05) is 4.90 Å². The Balaban J connectivity index is 2.11. The summed E-state index contributed by atoms with van der Waals surface area (Å²) in [5.74, 6) is -0.700. The van der Waals surface area contributed by atoms with E-state index in [-0.39, 0.29) is 18.7 Å². The Kier molecular flexibility index (Phi) is 4.31. The highest BCUT2D eigenvalue weighted by Crippen LogP contribution is 2.39. The van der Waals surface area contributed by atoms with Crippen LogP contribution in [0.25, 0.3) is 0 Å². The maximum Gasteiger partial charge on any atom is 0.416 e. The fraction of sp³-hybridized carbons (Fsp3) is 0.235. The van der Waals surface area contributed by atoms with Gasteiger partial charge in [0.05, 0.1) is 10.5 Å². The third-order valence-corrected chi connectivity index (χ3v) is 4.39. The molecular weight excluding hydrogens is 351 g/mol. The van der Waals surface area contributed by atoms with Crippen molar-refractivity contribution in [1.82, 2.24) is 0 Å². The molecule has 136 valence electrons. The molecule has 0 saturated heterocycles. The van der Waals surface area contributed by atoms with Gasteiger partial charge in [0.25, 0.3) is 5.69 Å². The Labute approximate surface area is 146 Å². The minimum absolute atomic E-state index is 0.0682. The first-order valence-electron chi connectivity index (χ1n) is 7.67. The Morgan fingerprint density at radius 3 is 2.42 bits per heavy atom. The maximum absolute atomic E-state index is 12.9. The number of nitro groups is 1. The number of primary amides is 1. The molecule has 6 nitrogen and oxygen atoms in total. The summed E-state index contributed by atoms with van der Waals surface area (Å²) in [6, 6.07) is 8.58. The third-order valence-electron chi connectivity index (χ3n) is 4.39. The molecule has 0 bridgehead atoms. The Morgan fingerprint density at radius 2 is 1.85 bits per heavy atom. The lowest BCUT2D eigenvalue weighted by atomic mass is 9.92. The fourth-order valence-corrected chi connectivity index (χ4v) is 3.12. The quantitative estimate of drug-likeness (QED) is 0.669. The fourth-order valence-electron chi connectivity index (χ4n) is 3.12. The monoisotopic (exact) mass is 365 g/mol. The highest BCUT2D eigenvalue weighted by atomic mass is 19.4. The van der Waals surface area contributed by atoms with E-state index in [2.05, 4.69) is 0 Å². The molecule has 2 aromatic carbocycles. The van der Waals surface area contributed by atoms with E-state index < -0.39 is 34.3 Å². The van der Waals surface area contributed by atoms with Gasteiger partial charge in [0, 0.05) is 19.0 Å². The van der Waals surface area contributed by atoms with Gasteiger partial charge in [-0.1, -0.05) is 24.3 Å². The smallest absolute Gasteiger partial charge is 0.368 e. The number of carbonyl (C=O) groups excluding carboxylic acids is 1. The third kappa shape index (κ3) is 3.19. The van der Waals surface area contributed by atoms with Crippen molar-refractivity contribution >= 4 is 17.3 Å². The van der Waals surface area contributed by atoms with E-state index in [9.17, 15) is 28.1 Å². The van der Waals surface area contributed by atoms with Crippen molar-refractivity contribution in [3.63, 3.8) is 0 Å². The Morgan fingerprint density at radius 1 is 1.19 bits per heavy atom. The molecule has 1 aliphatic heterocycles. The van der Waals surface area contributed by atoms with Crippen molar-refractivity contribution in [2.45, 2.75) is 25.2 Å². The van der Waals surface area contributed by atoms with E-state index in [0.717, 1.165) is 23.3 Å². The zero-order valence-electron chi connectivity index (χ0n) is 13.4. The first kappa shape index (κ1) is 17.7. The second-order valence-electron chi connectivity index (χ2n) is 5.98. The number of carbonyl (C=O) groups is 1. The van der Waals surface area contributed by atoms with E-state index in [1.807, 2.05) is 6.07 Å². The number of nitro benzene ring substituents is 1. The molecule has 3 rings (SSSR count). The van der Waals surface area contributed by atoms with Gasteiger partial charge in [-0.15, -0.1) is 0 Å². The number of nitrogens with two attached hydrogens (primary N) is 1. The van der Waals surface area contributed by atoms with E-state index in [4.69, 9.17) is 5.73 Å². The summed E-state index contributed by atoms with van der Waals surface area (Å²) < 4.78 is 38.7. The van der Waals surface area contributed by atoms with Crippen molar-refractivity contribution in [2.24, 2.45) is 5.73 Å². The largest absolute Gasteiger partial charge is 0.416 e. The van der Waals surface area contributed by atoms with Gasteiger partial charge in [-0.25, -0.2) is 0 Å². The summed E-state index contributed by atoms with van der Waals surface area (Å²) in [6.07, 6.45) is -4.48. The first-order valence-corrected chi connectivity index (χ1v) is 7.67. The van der Waals surface area contributed by atoms with Crippen molar-refractivity contribution < 1.29 is 22.9 Å². The minimum atomic E-state index is -4.71. The molecule has 2 aromatic rings. The molecule has 2 N–H and O–H groups in total. The van der Waals surface area contributed by atoms with Gasteiger partial charge < -0.3 is 10.6 Å². The summed E-state index contributed by atoms with van der Waals surface area (Å²) in [5.41, 5.74) is 5.25. The topological polar surface area (TPSA) is 89.5 Å². The van der Waals surface area contributed by atoms with Crippen molar-refractivity contribution in [3.05, 3.63) is 69.3 Å². The second-order valence-corrected chi connectivity index (χ2v) is 5.98. The summed E-state index contributed by atoms with van der Waals surface area (Å²) in [4.78, 5) is 23.8. The van der Waals surface area contributed by atoms with Gasteiger partial charge in [-0.2, -0.15) is 13.2 Å². The molecule has 0 radical (unpaired) electrons. The van der Waals surface area contributed by atoms with Gasteiger partial charge in [0.2, 0.25) is 5.91 Å². The van der Waals surface area contributed by atoms with Crippen LogP contribution in [0, 0.1) is 10.1 Å². The van der Waals surface area contributed by atoms with Crippen LogP contribution in [0.5, 0.6) is 0 Å². The zero-order valence-corrected chi connectivity index (χ0v) is 13.4. The normalized spacial score (nSPS) is 16.9. The van der Waals surface area contributed by atoms with Gasteiger partial charge in [-0.05, 0) is 23.3 Å². The van der Waals surface area contributed by atoms with Gasteiger partial charge in [-0.3, -0.25) is 14.9 Å². The van der Waals surface area contributed by atoms with Crippen molar-refractivity contribution in [1.29, 1.82) is 0 Å². The minimum Gasteiger partial charge on any atom is -0.368 e. The molecule has 0 saturated carbocycles. The maximum atomic E-state index is 12.9. The Bertz CT molecular complexity index is 883. The molecule has 9 heteroatoms.